The van der Waals surface area contributed by atoms with E-state index in [9.17, 15) is 13.2 Å². The number of hydrogen-bond acceptors (Lipinski definition) is 5. The van der Waals surface area contributed by atoms with Gasteiger partial charge in [-0.15, -0.1) is 0 Å². The number of nitrogens with one attached hydrogen (secondary N) is 1. The van der Waals surface area contributed by atoms with Crippen molar-refractivity contribution < 1.29 is 22.7 Å². The first-order valence-corrected chi connectivity index (χ1v) is 11.0. The van der Waals surface area contributed by atoms with Crippen LogP contribution < -0.4 is 19.1 Å². The topological polar surface area (TPSA) is 84.9 Å². The highest BCUT2D eigenvalue weighted by molar-refractivity contribution is 7.92. The second-order valence-corrected chi connectivity index (χ2v) is 8.86. The second kappa shape index (κ2) is 9.17. The fraction of sp³-hybridized carbons (Fsp3) is 0.381. The molecule has 1 atom stereocenters. The Morgan fingerprint density at radius 1 is 1.10 bits per heavy atom. The molecule has 2 aromatic rings. The third-order valence-electron chi connectivity index (χ3n) is 4.61. The average molecular weight is 421 g/mol. The highest BCUT2D eigenvalue weighted by Crippen LogP contribution is 2.33. The number of amides is 1. The van der Waals surface area contributed by atoms with E-state index >= 15 is 0 Å². The molecule has 0 bridgehead atoms. The first kappa shape index (κ1) is 22.5. The largest absolute Gasteiger partial charge is 0.497 e. The predicted octanol–water partition coefficient (Wildman–Crippen LogP) is 2.96. The summed E-state index contributed by atoms with van der Waals surface area (Å²) < 4.78 is 36.4. The normalized spacial score (nSPS) is 12.2. The number of nitrogens with zero attached hydrogens (tertiary/aromatic N) is 1. The van der Waals surface area contributed by atoms with Gasteiger partial charge in [-0.2, -0.15) is 0 Å². The molecule has 29 heavy (non-hydrogen) atoms. The molecule has 2 rings (SSSR count). The minimum Gasteiger partial charge on any atom is -0.497 e. The van der Waals surface area contributed by atoms with Crippen LogP contribution in [0.25, 0.3) is 0 Å². The summed E-state index contributed by atoms with van der Waals surface area (Å²) in [6, 6.07) is 10.5. The molecule has 0 aliphatic rings. The van der Waals surface area contributed by atoms with E-state index in [4.69, 9.17) is 9.47 Å². The third kappa shape index (κ3) is 5.63. The fourth-order valence-corrected chi connectivity index (χ4v) is 4.03. The number of methoxy groups -OCH3 is 2. The maximum Gasteiger partial charge on any atom is 0.241 e. The summed E-state index contributed by atoms with van der Waals surface area (Å²) in [6.45, 7) is 5.48. The molecule has 1 amide bonds. The standard InChI is InChI=1S/C21H28N2O5S/c1-14-7-9-18(15(2)11-14)16(3)22-21(24)13-23(29(6,25)26)19-12-17(27-4)8-10-20(19)28-5/h7-12,16H,13H2,1-6H3,(H,22,24)/t16-/m1/s1. The van der Waals surface area contributed by atoms with Gasteiger partial charge in [-0.1, -0.05) is 23.8 Å². The number of sulfonamides is 1. The van der Waals surface area contributed by atoms with Crippen molar-refractivity contribution >= 4 is 21.6 Å². The lowest BCUT2D eigenvalue weighted by atomic mass is 10.0. The number of aryl methyl sites for hydroxylation is 2. The van der Waals surface area contributed by atoms with Crippen LogP contribution in [0, 0.1) is 13.8 Å². The Morgan fingerprint density at radius 3 is 2.34 bits per heavy atom. The molecule has 0 saturated carbocycles. The Hall–Kier alpha value is -2.74. The molecule has 0 heterocycles. The Kier molecular flexibility index (Phi) is 7.13. The third-order valence-corrected chi connectivity index (χ3v) is 5.74. The molecule has 1 N–H and O–H groups in total. The van der Waals surface area contributed by atoms with E-state index in [2.05, 4.69) is 5.32 Å². The summed E-state index contributed by atoms with van der Waals surface area (Å²) in [7, 11) is -0.828. The predicted molar refractivity (Wildman–Crippen MR) is 114 cm³/mol. The van der Waals surface area contributed by atoms with E-state index in [1.807, 2.05) is 39.0 Å². The van der Waals surface area contributed by atoms with Crippen molar-refractivity contribution in [2.45, 2.75) is 26.8 Å². The first-order chi connectivity index (χ1) is 13.6. The van der Waals surface area contributed by atoms with Crippen LogP contribution >= 0.6 is 0 Å². The van der Waals surface area contributed by atoms with Crippen molar-refractivity contribution in [2.24, 2.45) is 0 Å². The Morgan fingerprint density at radius 2 is 1.79 bits per heavy atom. The highest BCUT2D eigenvalue weighted by Gasteiger charge is 2.25. The fourth-order valence-electron chi connectivity index (χ4n) is 3.18. The smallest absolute Gasteiger partial charge is 0.241 e. The number of hydrogen-bond donors (Lipinski definition) is 1. The lowest BCUT2D eigenvalue weighted by Gasteiger charge is -2.25. The molecule has 158 valence electrons. The van der Waals surface area contributed by atoms with Crippen molar-refractivity contribution in [1.82, 2.24) is 5.32 Å². The van der Waals surface area contributed by atoms with Gasteiger partial charge in [0.25, 0.3) is 0 Å². The summed E-state index contributed by atoms with van der Waals surface area (Å²) in [5, 5.41) is 2.88. The molecule has 2 aromatic carbocycles. The molecular formula is C21H28N2O5S. The minimum absolute atomic E-state index is 0.240. The van der Waals surface area contributed by atoms with Gasteiger partial charge in [0.15, 0.2) is 0 Å². The summed E-state index contributed by atoms with van der Waals surface area (Å²) >= 11 is 0. The van der Waals surface area contributed by atoms with E-state index in [-0.39, 0.29) is 18.3 Å². The summed E-state index contributed by atoms with van der Waals surface area (Å²) in [5.74, 6) is 0.359. The van der Waals surface area contributed by atoms with Crippen molar-refractivity contribution in [2.75, 3.05) is 31.3 Å². The molecule has 7 nitrogen and oxygen atoms in total. The van der Waals surface area contributed by atoms with Crippen LogP contribution in [0.4, 0.5) is 5.69 Å². The molecule has 0 aliphatic carbocycles. The van der Waals surface area contributed by atoms with Crippen LogP contribution in [0.15, 0.2) is 36.4 Å². The zero-order valence-electron chi connectivity index (χ0n) is 17.6. The van der Waals surface area contributed by atoms with Gasteiger partial charge in [-0.05, 0) is 44.0 Å². The lowest BCUT2D eigenvalue weighted by Crippen LogP contribution is -2.41. The van der Waals surface area contributed by atoms with Crippen LogP contribution in [0.5, 0.6) is 11.5 Å². The Labute approximate surface area is 172 Å². The van der Waals surface area contributed by atoms with Crippen LogP contribution in [-0.4, -0.2) is 41.3 Å². The summed E-state index contributed by atoms with van der Waals surface area (Å²) in [5.41, 5.74) is 3.42. The maximum atomic E-state index is 12.7. The monoisotopic (exact) mass is 420 g/mol. The van der Waals surface area contributed by atoms with Crippen LogP contribution in [0.2, 0.25) is 0 Å². The molecule has 0 spiro atoms. The molecule has 0 radical (unpaired) electrons. The van der Waals surface area contributed by atoms with Gasteiger partial charge in [0.2, 0.25) is 15.9 Å². The summed E-state index contributed by atoms with van der Waals surface area (Å²) in [4.78, 5) is 12.7. The van der Waals surface area contributed by atoms with Gasteiger partial charge in [-0.3, -0.25) is 9.10 Å². The van der Waals surface area contributed by atoms with E-state index in [1.54, 1.807) is 12.1 Å². The number of carbonyl (C=O) groups is 1. The van der Waals surface area contributed by atoms with Crippen molar-refractivity contribution in [3.8, 4) is 11.5 Å². The maximum absolute atomic E-state index is 12.7. The highest BCUT2D eigenvalue weighted by atomic mass is 32.2. The number of ether oxygens (including phenoxy) is 2. The van der Waals surface area contributed by atoms with Crippen molar-refractivity contribution in [1.29, 1.82) is 0 Å². The summed E-state index contributed by atoms with van der Waals surface area (Å²) in [6.07, 6.45) is 1.05. The zero-order valence-corrected chi connectivity index (χ0v) is 18.5. The van der Waals surface area contributed by atoms with Gasteiger partial charge in [0, 0.05) is 6.07 Å². The number of benzene rings is 2. The average Bonchev–Trinajstić information content (AvgIpc) is 2.64. The van der Waals surface area contributed by atoms with Gasteiger partial charge in [-0.25, -0.2) is 8.42 Å². The molecule has 8 heteroatoms. The molecule has 0 aliphatic heterocycles. The minimum atomic E-state index is -3.75. The van der Waals surface area contributed by atoms with Crippen molar-refractivity contribution in [3.05, 3.63) is 53.1 Å². The molecular weight excluding hydrogens is 392 g/mol. The number of carbonyl (C=O) groups excluding carboxylic acids is 1. The number of anilines is 1. The number of rotatable bonds is 8. The molecule has 0 fully saturated rings. The van der Waals surface area contributed by atoms with Crippen LogP contribution in [-0.2, 0) is 14.8 Å². The Balaban J connectivity index is 2.28. The second-order valence-electron chi connectivity index (χ2n) is 6.96. The van der Waals surface area contributed by atoms with E-state index in [1.165, 1.54) is 20.3 Å². The SMILES string of the molecule is COc1ccc(OC)c(N(CC(=O)N[C@H](C)c2ccc(C)cc2C)S(C)(=O)=O)c1. The Bertz CT molecular complexity index is 989. The molecule has 0 unspecified atom stereocenters. The zero-order chi connectivity index (χ0) is 21.8. The van der Waals surface area contributed by atoms with Gasteiger partial charge >= 0.3 is 0 Å². The van der Waals surface area contributed by atoms with E-state index < -0.39 is 15.9 Å². The first-order valence-electron chi connectivity index (χ1n) is 9.13. The van der Waals surface area contributed by atoms with Gasteiger partial charge in [0.1, 0.15) is 18.0 Å². The van der Waals surface area contributed by atoms with Crippen molar-refractivity contribution in [3.63, 3.8) is 0 Å². The van der Waals surface area contributed by atoms with Gasteiger partial charge < -0.3 is 14.8 Å². The molecule has 0 aromatic heterocycles. The molecule has 0 saturated heterocycles. The van der Waals surface area contributed by atoms with E-state index in [0.717, 1.165) is 27.3 Å². The van der Waals surface area contributed by atoms with Crippen LogP contribution in [0.3, 0.4) is 0 Å². The quantitative estimate of drug-likeness (QED) is 0.710. The van der Waals surface area contributed by atoms with E-state index in [0.29, 0.717) is 11.5 Å². The lowest BCUT2D eigenvalue weighted by molar-refractivity contribution is -0.120. The van der Waals surface area contributed by atoms with Crippen LogP contribution in [0.1, 0.15) is 29.7 Å². The van der Waals surface area contributed by atoms with Gasteiger partial charge in [0.05, 0.1) is 32.2 Å².